The number of nitrogens with zero attached hydrogens (tertiary/aromatic N) is 1. The number of rotatable bonds is 5. The lowest BCUT2D eigenvalue weighted by molar-refractivity contribution is -0.384. The van der Waals surface area contributed by atoms with Gasteiger partial charge in [-0.25, -0.2) is 0 Å². The summed E-state index contributed by atoms with van der Waals surface area (Å²) in [4.78, 5) is 22.2. The van der Waals surface area contributed by atoms with Gasteiger partial charge in [-0.05, 0) is 12.1 Å². The molecule has 0 unspecified atom stereocenters. The summed E-state index contributed by atoms with van der Waals surface area (Å²) in [6.07, 6.45) is 0. The minimum absolute atomic E-state index is 0.0340. The van der Waals surface area contributed by atoms with Gasteiger partial charge in [0.15, 0.2) is 0 Å². The maximum absolute atomic E-state index is 12.1. The Morgan fingerprint density at radius 1 is 1.32 bits per heavy atom. The number of methoxy groups -OCH3 is 1. The van der Waals surface area contributed by atoms with Crippen molar-refractivity contribution in [2.24, 2.45) is 0 Å². The molecule has 0 aliphatic carbocycles. The van der Waals surface area contributed by atoms with Crippen molar-refractivity contribution in [3.63, 3.8) is 0 Å². The van der Waals surface area contributed by atoms with E-state index >= 15 is 0 Å². The molecule has 0 aliphatic heterocycles. The van der Waals surface area contributed by atoms with Crippen LogP contribution in [0.4, 0.5) is 5.69 Å². The molecule has 6 nitrogen and oxygen atoms in total. The molecule has 0 atom stereocenters. The molecule has 2 aromatic carbocycles. The second-order valence-electron chi connectivity index (χ2n) is 4.42. The van der Waals surface area contributed by atoms with E-state index < -0.39 is 10.8 Å². The summed E-state index contributed by atoms with van der Waals surface area (Å²) in [5.41, 5.74) is 0.838. The summed E-state index contributed by atoms with van der Waals surface area (Å²) in [6, 6.07) is 11.0. The first-order valence-electron chi connectivity index (χ1n) is 6.37. The van der Waals surface area contributed by atoms with Gasteiger partial charge in [-0.1, -0.05) is 29.8 Å². The van der Waals surface area contributed by atoms with Crippen LogP contribution in [0.25, 0.3) is 0 Å². The van der Waals surface area contributed by atoms with Gasteiger partial charge in [0.1, 0.15) is 5.75 Å². The van der Waals surface area contributed by atoms with Crippen molar-refractivity contribution in [1.82, 2.24) is 5.32 Å². The molecule has 1 amide bonds. The Hall–Kier alpha value is -2.60. The number of nitro benzene ring substituents is 1. The van der Waals surface area contributed by atoms with Gasteiger partial charge in [0.05, 0.1) is 22.6 Å². The second kappa shape index (κ2) is 6.91. The average molecular weight is 321 g/mol. The first kappa shape index (κ1) is 15.8. The van der Waals surface area contributed by atoms with E-state index in [1.165, 1.54) is 12.1 Å². The summed E-state index contributed by atoms with van der Waals surface area (Å²) >= 11 is 5.92. The van der Waals surface area contributed by atoms with Gasteiger partial charge in [0, 0.05) is 24.2 Å². The molecule has 7 heteroatoms. The summed E-state index contributed by atoms with van der Waals surface area (Å²) in [5, 5.41) is 13.4. The molecule has 22 heavy (non-hydrogen) atoms. The van der Waals surface area contributed by atoms with E-state index in [0.717, 1.165) is 11.6 Å². The van der Waals surface area contributed by atoms with E-state index in [1.807, 2.05) is 18.2 Å². The third-order valence-corrected chi connectivity index (χ3v) is 3.35. The molecule has 0 saturated carbocycles. The fraction of sp³-hybridized carbons (Fsp3) is 0.133. The largest absolute Gasteiger partial charge is 0.496 e. The highest BCUT2D eigenvalue weighted by Gasteiger charge is 2.15. The SMILES string of the molecule is COc1ccccc1CNC(=O)c1ccc([N+](=O)[O-])cc1Cl. The van der Waals surface area contributed by atoms with Crippen molar-refractivity contribution in [2.75, 3.05) is 7.11 Å². The number of para-hydroxylation sites is 1. The molecule has 114 valence electrons. The third-order valence-electron chi connectivity index (χ3n) is 3.04. The zero-order valence-electron chi connectivity index (χ0n) is 11.7. The van der Waals surface area contributed by atoms with Gasteiger partial charge in [0.25, 0.3) is 11.6 Å². The maximum atomic E-state index is 12.1. The predicted octanol–water partition coefficient (Wildman–Crippen LogP) is 3.19. The van der Waals surface area contributed by atoms with E-state index in [4.69, 9.17) is 16.3 Å². The molecule has 2 aromatic rings. The van der Waals surface area contributed by atoms with Crippen molar-refractivity contribution in [1.29, 1.82) is 0 Å². The van der Waals surface area contributed by atoms with E-state index in [-0.39, 0.29) is 22.8 Å². The van der Waals surface area contributed by atoms with Crippen LogP contribution in [-0.2, 0) is 6.54 Å². The smallest absolute Gasteiger partial charge is 0.270 e. The van der Waals surface area contributed by atoms with Crippen LogP contribution >= 0.6 is 11.6 Å². The van der Waals surface area contributed by atoms with Crippen LogP contribution in [0.15, 0.2) is 42.5 Å². The molecule has 0 radical (unpaired) electrons. The number of amides is 1. The lowest BCUT2D eigenvalue weighted by Gasteiger charge is -2.10. The summed E-state index contributed by atoms with van der Waals surface area (Å²) in [7, 11) is 1.55. The Morgan fingerprint density at radius 3 is 2.68 bits per heavy atom. The van der Waals surface area contributed by atoms with Crippen LogP contribution in [0.2, 0.25) is 5.02 Å². The molecule has 0 bridgehead atoms. The van der Waals surface area contributed by atoms with E-state index in [0.29, 0.717) is 5.75 Å². The number of carbonyl (C=O) groups excluding carboxylic acids is 1. The summed E-state index contributed by atoms with van der Waals surface area (Å²) in [5.74, 6) is 0.253. The van der Waals surface area contributed by atoms with E-state index in [1.54, 1.807) is 13.2 Å². The van der Waals surface area contributed by atoms with Crippen LogP contribution in [-0.4, -0.2) is 17.9 Å². The zero-order valence-corrected chi connectivity index (χ0v) is 12.5. The van der Waals surface area contributed by atoms with Crippen LogP contribution in [0.3, 0.4) is 0 Å². The van der Waals surface area contributed by atoms with E-state index in [9.17, 15) is 14.9 Å². The Kier molecular flexibility index (Phi) is 4.95. The maximum Gasteiger partial charge on any atom is 0.270 e. The Labute approximate surface area is 131 Å². The molecular weight excluding hydrogens is 308 g/mol. The normalized spacial score (nSPS) is 10.1. The van der Waals surface area contributed by atoms with Gasteiger partial charge in [-0.3, -0.25) is 14.9 Å². The highest BCUT2D eigenvalue weighted by atomic mass is 35.5. The number of hydrogen-bond acceptors (Lipinski definition) is 4. The number of nitro groups is 1. The number of carbonyl (C=O) groups is 1. The Morgan fingerprint density at radius 2 is 2.05 bits per heavy atom. The molecule has 0 saturated heterocycles. The number of benzene rings is 2. The lowest BCUT2D eigenvalue weighted by Crippen LogP contribution is -2.23. The lowest BCUT2D eigenvalue weighted by atomic mass is 10.1. The molecule has 0 spiro atoms. The predicted molar refractivity (Wildman–Crippen MR) is 82.3 cm³/mol. The topological polar surface area (TPSA) is 81.5 Å². The fourth-order valence-corrected chi connectivity index (χ4v) is 2.18. The van der Waals surface area contributed by atoms with Crippen molar-refractivity contribution in [3.8, 4) is 5.75 Å². The zero-order chi connectivity index (χ0) is 16.1. The average Bonchev–Trinajstić information content (AvgIpc) is 2.52. The molecule has 2 rings (SSSR count). The van der Waals surface area contributed by atoms with Crippen molar-refractivity contribution in [2.45, 2.75) is 6.54 Å². The standard InChI is InChI=1S/C15H13ClN2O4/c1-22-14-5-3-2-4-10(14)9-17-15(19)12-7-6-11(18(20)21)8-13(12)16/h2-8H,9H2,1H3,(H,17,19). The third kappa shape index (κ3) is 3.53. The molecule has 0 fully saturated rings. The van der Waals surface area contributed by atoms with Crippen molar-refractivity contribution in [3.05, 3.63) is 68.7 Å². The highest BCUT2D eigenvalue weighted by molar-refractivity contribution is 6.34. The van der Waals surface area contributed by atoms with Gasteiger partial charge < -0.3 is 10.1 Å². The second-order valence-corrected chi connectivity index (χ2v) is 4.82. The van der Waals surface area contributed by atoms with Crippen molar-refractivity contribution < 1.29 is 14.5 Å². The van der Waals surface area contributed by atoms with Crippen LogP contribution in [0.5, 0.6) is 5.75 Å². The number of non-ortho nitro benzene ring substituents is 1. The number of halogens is 1. The monoisotopic (exact) mass is 320 g/mol. The number of nitrogens with one attached hydrogen (secondary N) is 1. The van der Waals surface area contributed by atoms with Crippen molar-refractivity contribution >= 4 is 23.2 Å². The minimum Gasteiger partial charge on any atom is -0.496 e. The quantitative estimate of drug-likeness (QED) is 0.677. The molecule has 0 aromatic heterocycles. The van der Waals surface area contributed by atoms with Gasteiger partial charge in [0.2, 0.25) is 0 Å². The van der Waals surface area contributed by atoms with Crippen LogP contribution in [0.1, 0.15) is 15.9 Å². The van der Waals surface area contributed by atoms with Gasteiger partial charge in [-0.2, -0.15) is 0 Å². The number of hydrogen-bond donors (Lipinski definition) is 1. The molecule has 1 N–H and O–H groups in total. The van der Waals surface area contributed by atoms with Gasteiger partial charge >= 0.3 is 0 Å². The summed E-state index contributed by atoms with van der Waals surface area (Å²) < 4.78 is 5.20. The first-order valence-corrected chi connectivity index (χ1v) is 6.74. The molecule has 0 heterocycles. The highest BCUT2D eigenvalue weighted by Crippen LogP contribution is 2.23. The fourth-order valence-electron chi connectivity index (χ4n) is 1.92. The summed E-state index contributed by atoms with van der Waals surface area (Å²) in [6.45, 7) is 0.260. The minimum atomic E-state index is -0.567. The van der Waals surface area contributed by atoms with Crippen LogP contribution in [0, 0.1) is 10.1 Å². The van der Waals surface area contributed by atoms with Gasteiger partial charge in [-0.15, -0.1) is 0 Å². The number of ether oxygens (including phenoxy) is 1. The molecular formula is C15H13ClN2O4. The Balaban J connectivity index is 2.11. The van der Waals surface area contributed by atoms with Crippen LogP contribution < -0.4 is 10.1 Å². The first-order chi connectivity index (χ1) is 10.5. The molecule has 0 aliphatic rings. The Bertz CT molecular complexity index is 718. The van der Waals surface area contributed by atoms with E-state index in [2.05, 4.69) is 5.32 Å².